The fourth-order valence-electron chi connectivity index (χ4n) is 4.88. The maximum atomic E-state index is 13.3. The van der Waals surface area contributed by atoms with E-state index in [1.165, 1.54) is 17.7 Å². The van der Waals surface area contributed by atoms with E-state index in [-0.39, 0.29) is 23.9 Å². The van der Waals surface area contributed by atoms with Gasteiger partial charge in [0.25, 0.3) is 0 Å². The summed E-state index contributed by atoms with van der Waals surface area (Å²) in [5.41, 5.74) is 2.27. The lowest BCUT2D eigenvalue weighted by atomic mass is 9.75. The fraction of sp³-hybridized carbons (Fsp3) is 0.455. The summed E-state index contributed by atoms with van der Waals surface area (Å²) in [6, 6.07) is 15.0. The highest BCUT2D eigenvalue weighted by atomic mass is 19.4. The van der Waals surface area contributed by atoms with Gasteiger partial charge in [-0.1, -0.05) is 44.2 Å². The number of fused-ring (bicyclic) bond motifs is 3. The number of halogens is 3. The van der Waals surface area contributed by atoms with Crippen molar-refractivity contribution in [2.75, 3.05) is 5.32 Å². The number of alkyl halides is 3. The van der Waals surface area contributed by atoms with E-state index in [0.717, 1.165) is 24.1 Å². The first-order valence-corrected chi connectivity index (χ1v) is 9.63. The van der Waals surface area contributed by atoms with Crippen LogP contribution in [0.1, 0.15) is 55.3 Å². The normalized spacial score (nSPS) is 27.2. The van der Waals surface area contributed by atoms with Crippen LogP contribution in [0.3, 0.4) is 0 Å². The number of nitrogens with one attached hydrogen (secondary N) is 2. The molecule has 1 fully saturated rings. The molecule has 0 spiro atoms. The van der Waals surface area contributed by atoms with Crippen molar-refractivity contribution in [3.63, 3.8) is 0 Å². The van der Waals surface area contributed by atoms with Gasteiger partial charge in [0.2, 0.25) is 0 Å². The molecule has 1 unspecified atom stereocenters. The van der Waals surface area contributed by atoms with Crippen LogP contribution in [-0.2, 0) is 6.18 Å². The molecule has 1 saturated carbocycles. The van der Waals surface area contributed by atoms with Crippen molar-refractivity contribution < 1.29 is 13.2 Å². The van der Waals surface area contributed by atoms with Gasteiger partial charge in [0.05, 0.1) is 11.6 Å². The first-order valence-electron chi connectivity index (χ1n) is 9.63. The van der Waals surface area contributed by atoms with E-state index in [4.69, 9.17) is 0 Å². The summed E-state index contributed by atoms with van der Waals surface area (Å²) >= 11 is 0. The third kappa shape index (κ3) is 3.45. The maximum absolute atomic E-state index is 13.3. The Morgan fingerprint density at radius 1 is 1.04 bits per heavy atom. The van der Waals surface area contributed by atoms with E-state index < -0.39 is 11.7 Å². The highest BCUT2D eigenvalue weighted by molar-refractivity contribution is 5.60. The minimum Gasteiger partial charge on any atom is -0.378 e. The summed E-state index contributed by atoms with van der Waals surface area (Å²) in [5.74, 6) is 0.357. The minimum absolute atomic E-state index is 0.0798. The first-order chi connectivity index (χ1) is 12.8. The summed E-state index contributed by atoms with van der Waals surface area (Å²) in [7, 11) is 0. The summed E-state index contributed by atoms with van der Waals surface area (Å²) < 4.78 is 39.9. The number of rotatable bonds is 3. The number of anilines is 1. The average molecular weight is 374 g/mol. The molecule has 2 aromatic rings. The van der Waals surface area contributed by atoms with E-state index in [1.54, 1.807) is 6.07 Å². The zero-order valence-electron chi connectivity index (χ0n) is 15.6. The highest BCUT2D eigenvalue weighted by Gasteiger charge is 2.46. The molecule has 2 aliphatic rings. The second kappa shape index (κ2) is 6.86. The topological polar surface area (TPSA) is 24.1 Å². The van der Waals surface area contributed by atoms with Crippen LogP contribution in [0.15, 0.2) is 48.5 Å². The van der Waals surface area contributed by atoms with Crippen LogP contribution in [0.4, 0.5) is 18.9 Å². The van der Waals surface area contributed by atoms with Gasteiger partial charge < -0.3 is 10.6 Å². The molecule has 0 bridgehead atoms. The van der Waals surface area contributed by atoms with Gasteiger partial charge in [-0.2, -0.15) is 13.2 Å². The number of hydrogen-bond acceptors (Lipinski definition) is 2. The Morgan fingerprint density at radius 3 is 2.44 bits per heavy atom. The Bertz CT molecular complexity index is 801. The molecule has 1 heterocycles. The van der Waals surface area contributed by atoms with Crippen LogP contribution in [0.25, 0.3) is 0 Å². The van der Waals surface area contributed by atoms with Crippen molar-refractivity contribution in [1.29, 1.82) is 0 Å². The quantitative estimate of drug-likeness (QED) is 0.717. The second-order valence-electron chi connectivity index (χ2n) is 8.03. The van der Waals surface area contributed by atoms with Crippen molar-refractivity contribution in [2.45, 2.75) is 56.9 Å². The molecule has 4 rings (SSSR count). The Balaban J connectivity index is 1.79. The second-order valence-corrected chi connectivity index (χ2v) is 8.03. The largest absolute Gasteiger partial charge is 0.416 e. The molecule has 1 aliphatic heterocycles. The van der Waals surface area contributed by atoms with Crippen LogP contribution in [0.5, 0.6) is 0 Å². The first kappa shape index (κ1) is 18.4. The zero-order chi connectivity index (χ0) is 19.2. The monoisotopic (exact) mass is 374 g/mol. The molecule has 0 radical (unpaired) electrons. The Labute approximate surface area is 158 Å². The summed E-state index contributed by atoms with van der Waals surface area (Å²) in [6.45, 7) is 4.19. The van der Waals surface area contributed by atoms with Crippen molar-refractivity contribution in [2.24, 2.45) is 5.92 Å². The third-order valence-corrected chi connectivity index (χ3v) is 5.89. The van der Waals surface area contributed by atoms with Crippen LogP contribution in [-0.4, -0.2) is 12.1 Å². The van der Waals surface area contributed by atoms with Gasteiger partial charge >= 0.3 is 6.18 Å². The van der Waals surface area contributed by atoms with E-state index in [1.807, 2.05) is 18.2 Å². The predicted molar refractivity (Wildman–Crippen MR) is 102 cm³/mol. The van der Waals surface area contributed by atoms with Crippen molar-refractivity contribution in [3.05, 3.63) is 65.2 Å². The van der Waals surface area contributed by atoms with Crippen molar-refractivity contribution >= 4 is 5.69 Å². The van der Waals surface area contributed by atoms with E-state index in [9.17, 15) is 13.2 Å². The summed E-state index contributed by atoms with van der Waals surface area (Å²) in [5, 5.41) is 7.15. The molecule has 0 aromatic heterocycles. The lowest BCUT2D eigenvalue weighted by molar-refractivity contribution is -0.137. The Morgan fingerprint density at radius 2 is 1.78 bits per heavy atom. The maximum Gasteiger partial charge on any atom is 0.416 e. The van der Waals surface area contributed by atoms with Gasteiger partial charge in [-0.15, -0.1) is 0 Å². The van der Waals surface area contributed by atoms with Crippen LogP contribution >= 0.6 is 0 Å². The van der Waals surface area contributed by atoms with E-state index in [0.29, 0.717) is 6.04 Å². The van der Waals surface area contributed by atoms with Gasteiger partial charge in [0.1, 0.15) is 0 Å². The number of hydrogen-bond donors (Lipinski definition) is 2. The summed E-state index contributed by atoms with van der Waals surface area (Å²) in [6.07, 6.45) is -2.34. The van der Waals surface area contributed by atoms with E-state index in [2.05, 4.69) is 36.6 Å². The minimum atomic E-state index is -4.32. The Kier molecular flexibility index (Phi) is 4.66. The standard InChI is InChI=1S/C22H25F3N2/c1-13(2)26-19-11-9-16-20(19)17-12-15(22(23,24)25)8-10-18(17)27-21(16)14-6-4-3-5-7-14/h3-8,10,12-13,16,19-21,26-27H,9,11H2,1-2H3/t16-,19+,20?,21-/m1/s1. The van der Waals surface area contributed by atoms with Gasteiger partial charge in [-0.05, 0) is 48.1 Å². The van der Waals surface area contributed by atoms with Gasteiger partial charge in [0.15, 0.2) is 0 Å². The zero-order valence-corrected chi connectivity index (χ0v) is 15.6. The lowest BCUT2D eigenvalue weighted by Crippen LogP contribution is -2.41. The van der Waals surface area contributed by atoms with Crippen LogP contribution in [0, 0.1) is 5.92 Å². The number of benzene rings is 2. The lowest BCUT2D eigenvalue weighted by Gasteiger charge is -2.40. The van der Waals surface area contributed by atoms with Crippen molar-refractivity contribution in [1.82, 2.24) is 5.32 Å². The summed E-state index contributed by atoms with van der Waals surface area (Å²) in [4.78, 5) is 0. The fourth-order valence-corrected chi connectivity index (χ4v) is 4.88. The van der Waals surface area contributed by atoms with Gasteiger partial charge in [0, 0.05) is 23.7 Å². The SMILES string of the molecule is CC(C)N[C@H]1CC[C@@H]2C1c1cc(C(F)(F)F)ccc1N[C@@H]2c1ccccc1. The van der Waals surface area contributed by atoms with Gasteiger partial charge in [-0.3, -0.25) is 0 Å². The molecule has 27 heavy (non-hydrogen) atoms. The molecule has 2 N–H and O–H groups in total. The third-order valence-electron chi connectivity index (χ3n) is 5.89. The molecule has 144 valence electrons. The smallest absolute Gasteiger partial charge is 0.378 e. The molecule has 4 atom stereocenters. The van der Waals surface area contributed by atoms with Gasteiger partial charge in [-0.25, -0.2) is 0 Å². The predicted octanol–water partition coefficient (Wildman–Crippen LogP) is 5.73. The average Bonchev–Trinajstić information content (AvgIpc) is 3.04. The van der Waals surface area contributed by atoms with E-state index >= 15 is 0 Å². The molecule has 2 aromatic carbocycles. The molecule has 2 nitrogen and oxygen atoms in total. The van der Waals surface area contributed by atoms with Crippen LogP contribution in [0.2, 0.25) is 0 Å². The molecular formula is C22H25F3N2. The Hall–Kier alpha value is -2.01. The van der Waals surface area contributed by atoms with Crippen LogP contribution < -0.4 is 10.6 Å². The van der Waals surface area contributed by atoms with Crippen molar-refractivity contribution in [3.8, 4) is 0 Å². The molecule has 0 amide bonds. The molecule has 5 heteroatoms. The highest BCUT2D eigenvalue weighted by Crippen LogP contribution is 2.53. The molecule has 1 aliphatic carbocycles. The molecular weight excluding hydrogens is 349 g/mol. The molecule has 0 saturated heterocycles.